The first-order valence-corrected chi connectivity index (χ1v) is 8.55. The van der Waals surface area contributed by atoms with Gasteiger partial charge < -0.3 is 9.73 Å². The van der Waals surface area contributed by atoms with Crippen LogP contribution in [0.25, 0.3) is 11.6 Å². The van der Waals surface area contributed by atoms with Gasteiger partial charge in [-0.1, -0.05) is 0 Å². The molecule has 0 radical (unpaired) electrons. The van der Waals surface area contributed by atoms with Crippen LogP contribution in [-0.2, 0) is 0 Å². The first-order chi connectivity index (χ1) is 13.7. The van der Waals surface area contributed by atoms with Crippen molar-refractivity contribution in [1.29, 1.82) is 0 Å². The number of carbonyl (C=O) groups excluding carboxylic acids is 1. The number of aliphatic imine (C=N–C) groups is 1. The van der Waals surface area contributed by atoms with E-state index in [0.717, 1.165) is 0 Å². The third-order valence-electron chi connectivity index (χ3n) is 4.30. The fourth-order valence-corrected chi connectivity index (χ4v) is 3.08. The number of hydrogen-bond acceptors (Lipinski definition) is 8. The molecule has 3 aromatic rings. The second kappa shape index (κ2) is 6.30. The average molecular weight is 377 g/mol. The number of carbonyl (C=O) groups is 1. The van der Waals surface area contributed by atoms with Gasteiger partial charge in [0.2, 0.25) is 11.8 Å². The van der Waals surface area contributed by atoms with Crippen LogP contribution in [0, 0.1) is 0 Å². The maximum Gasteiger partial charge on any atom is 0.326 e. The molecule has 5 rings (SSSR count). The lowest BCUT2D eigenvalue weighted by molar-refractivity contribution is 0.255. The van der Waals surface area contributed by atoms with Crippen LogP contribution in [0.4, 0.5) is 10.5 Å². The van der Waals surface area contributed by atoms with Crippen molar-refractivity contribution in [1.82, 2.24) is 30.1 Å². The SMILES string of the molecule is CN1CC2C(=N1)N=C(NC(=O)Nc1ccncc1)n1nc(-c3ccco3)nc12. The Morgan fingerprint density at radius 3 is 2.89 bits per heavy atom. The molecule has 2 aliphatic rings. The molecular weight excluding hydrogens is 362 g/mol. The molecule has 0 aromatic carbocycles. The Hall–Kier alpha value is -4.02. The van der Waals surface area contributed by atoms with Crippen LogP contribution >= 0.6 is 0 Å². The number of aromatic nitrogens is 4. The van der Waals surface area contributed by atoms with Gasteiger partial charge in [0.25, 0.3) is 0 Å². The first-order valence-electron chi connectivity index (χ1n) is 8.55. The zero-order chi connectivity index (χ0) is 19.1. The number of amides is 2. The lowest BCUT2D eigenvalue weighted by Gasteiger charge is -2.18. The number of hydrogen-bond donors (Lipinski definition) is 2. The van der Waals surface area contributed by atoms with Crippen molar-refractivity contribution in [2.45, 2.75) is 5.92 Å². The predicted octanol–water partition coefficient (Wildman–Crippen LogP) is 1.31. The molecule has 1 atom stereocenters. The van der Waals surface area contributed by atoms with E-state index < -0.39 is 6.03 Å². The maximum absolute atomic E-state index is 12.4. The highest BCUT2D eigenvalue weighted by molar-refractivity contribution is 6.10. The molecule has 1 unspecified atom stereocenters. The molecule has 2 aliphatic heterocycles. The third-order valence-corrected chi connectivity index (χ3v) is 4.30. The summed E-state index contributed by atoms with van der Waals surface area (Å²) < 4.78 is 6.92. The van der Waals surface area contributed by atoms with Crippen LogP contribution in [0.3, 0.4) is 0 Å². The second-order valence-electron chi connectivity index (χ2n) is 6.28. The van der Waals surface area contributed by atoms with Crippen molar-refractivity contribution in [3.05, 3.63) is 48.7 Å². The fourth-order valence-electron chi connectivity index (χ4n) is 3.08. The minimum Gasteiger partial charge on any atom is -0.461 e. The standard InChI is InChI=1S/C17H15N9O2/c1-25-9-11-13(23-25)21-16(22-17(27)19-10-4-6-18-7-5-10)26-15(11)20-14(24-26)12-3-2-8-28-12/h2-8,11H,9H2,1H3,(H2,18,19,21,22,23,27). The highest BCUT2D eigenvalue weighted by atomic mass is 16.3. The molecule has 0 saturated heterocycles. The fraction of sp³-hybridized carbons (Fsp3) is 0.176. The second-order valence-corrected chi connectivity index (χ2v) is 6.28. The molecule has 0 aliphatic carbocycles. The van der Waals surface area contributed by atoms with E-state index in [0.29, 0.717) is 35.5 Å². The van der Waals surface area contributed by atoms with Gasteiger partial charge in [-0.05, 0) is 24.3 Å². The van der Waals surface area contributed by atoms with Gasteiger partial charge in [0.05, 0.1) is 12.8 Å². The number of likely N-dealkylation sites (N-methyl/N-ethyl adjacent to an activating group) is 1. The Labute approximate surface area is 158 Å². The number of urea groups is 1. The van der Waals surface area contributed by atoms with Crippen LogP contribution in [0.15, 0.2) is 57.4 Å². The summed E-state index contributed by atoms with van der Waals surface area (Å²) in [7, 11) is 1.86. The monoisotopic (exact) mass is 377 g/mol. The topological polar surface area (TPSA) is 126 Å². The van der Waals surface area contributed by atoms with Gasteiger partial charge in [0, 0.05) is 25.1 Å². The Balaban J connectivity index is 1.48. The summed E-state index contributed by atoms with van der Waals surface area (Å²) in [5, 5.41) is 16.1. The lowest BCUT2D eigenvalue weighted by Crippen LogP contribution is -2.43. The number of pyridine rings is 1. The van der Waals surface area contributed by atoms with E-state index in [4.69, 9.17) is 4.42 Å². The number of hydrazone groups is 1. The van der Waals surface area contributed by atoms with E-state index in [9.17, 15) is 4.79 Å². The number of nitrogens with one attached hydrogen (secondary N) is 2. The van der Waals surface area contributed by atoms with Crippen molar-refractivity contribution >= 4 is 23.5 Å². The van der Waals surface area contributed by atoms with Gasteiger partial charge in [0.1, 0.15) is 11.7 Å². The number of rotatable bonds is 2. The summed E-state index contributed by atoms with van der Waals surface area (Å²) in [4.78, 5) is 25.4. The van der Waals surface area contributed by atoms with Crippen molar-refractivity contribution < 1.29 is 9.21 Å². The van der Waals surface area contributed by atoms with E-state index in [1.165, 1.54) is 4.68 Å². The molecular formula is C17H15N9O2. The average Bonchev–Trinajstić information content (AvgIpc) is 3.40. The quantitative estimate of drug-likeness (QED) is 0.694. The molecule has 11 heteroatoms. The minimum atomic E-state index is -0.462. The number of anilines is 1. The van der Waals surface area contributed by atoms with Gasteiger partial charge in [-0.2, -0.15) is 14.8 Å². The maximum atomic E-state index is 12.4. The summed E-state index contributed by atoms with van der Waals surface area (Å²) in [6.07, 6.45) is 4.74. The van der Waals surface area contributed by atoms with Crippen LogP contribution in [-0.4, -0.2) is 56.2 Å². The van der Waals surface area contributed by atoms with Crippen LogP contribution in [0.2, 0.25) is 0 Å². The predicted molar refractivity (Wildman–Crippen MR) is 99.8 cm³/mol. The third kappa shape index (κ3) is 2.78. The lowest BCUT2D eigenvalue weighted by atomic mass is 10.1. The van der Waals surface area contributed by atoms with Gasteiger partial charge in [-0.3, -0.25) is 15.3 Å². The zero-order valence-corrected chi connectivity index (χ0v) is 14.8. The van der Waals surface area contributed by atoms with Gasteiger partial charge >= 0.3 is 6.03 Å². The normalized spacial score (nSPS) is 17.5. The van der Waals surface area contributed by atoms with Crippen LogP contribution < -0.4 is 10.6 Å². The van der Waals surface area contributed by atoms with E-state index in [1.54, 1.807) is 47.9 Å². The van der Waals surface area contributed by atoms with Crippen LogP contribution in [0.5, 0.6) is 0 Å². The van der Waals surface area contributed by atoms with Gasteiger partial charge in [-0.15, -0.1) is 5.10 Å². The smallest absolute Gasteiger partial charge is 0.326 e. The zero-order valence-electron chi connectivity index (χ0n) is 14.8. The number of fused-ring (bicyclic) bond motifs is 3. The molecule has 28 heavy (non-hydrogen) atoms. The summed E-state index contributed by atoms with van der Waals surface area (Å²) in [6, 6.07) is 6.45. The highest BCUT2D eigenvalue weighted by Crippen LogP contribution is 2.29. The van der Waals surface area contributed by atoms with Crippen molar-refractivity contribution in [3.63, 3.8) is 0 Å². The summed E-state index contributed by atoms with van der Waals surface area (Å²) in [5.41, 5.74) is 0.606. The first kappa shape index (κ1) is 16.2. The molecule has 5 heterocycles. The van der Waals surface area contributed by atoms with Crippen LogP contribution in [0.1, 0.15) is 11.7 Å². The summed E-state index contributed by atoms with van der Waals surface area (Å²) in [6.45, 7) is 0.631. The molecule has 3 aromatic heterocycles. The van der Waals surface area contributed by atoms with E-state index in [-0.39, 0.29) is 11.9 Å². The van der Waals surface area contributed by atoms with E-state index in [2.05, 4.69) is 35.8 Å². The largest absolute Gasteiger partial charge is 0.461 e. The molecule has 2 amide bonds. The molecule has 0 bridgehead atoms. The van der Waals surface area contributed by atoms with Gasteiger partial charge in [0.15, 0.2) is 11.6 Å². The molecule has 0 saturated carbocycles. The number of amidine groups is 1. The Kier molecular flexibility index (Phi) is 3.64. The number of nitrogens with zero attached hydrogens (tertiary/aromatic N) is 7. The minimum absolute atomic E-state index is 0.130. The summed E-state index contributed by atoms with van der Waals surface area (Å²) in [5.74, 6) is 2.26. The van der Waals surface area contributed by atoms with Gasteiger partial charge in [-0.25, -0.2) is 9.78 Å². The van der Waals surface area contributed by atoms with Crippen molar-refractivity contribution in [2.75, 3.05) is 18.9 Å². The molecule has 0 fully saturated rings. The molecule has 140 valence electrons. The molecule has 11 nitrogen and oxygen atoms in total. The van der Waals surface area contributed by atoms with E-state index >= 15 is 0 Å². The molecule has 0 spiro atoms. The van der Waals surface area contributed by atoms with Crippen molar-refractivity contribution in [3.8, 4) is 11.6 Å². The Morgan fingerprint density at radius 1 is 1.25 bits per heavy atom. The highest BCUT2D eigenvalue weighted by Gasteiger charge is 2.37. The summed E-state index contributed by atoms with van der Waals surface area (Å²) >= 11 is 0. The van der Waals surface area contributed by atoms with Crippen molar-refractivity contribution in [2.24, 2.45) is 10.1 Å². The Morgan fingerprint density at radius 2 is 2.11 bits per heavy atom. The molecule has 2 N–H and O–H groups in total. The van der Waals surface area contributed by atoms with E-state index in [1.807, 2.05) is 7.05 Å². The number of furan rings is 1. The Bertz CT molecular complexity index is 1090.